The third-order valence-corrected chi connectivity index (χ3v) is 3.62. The molecule has 25 heavy (non-hydrogen) atoms. The first-order valence-electron chi connectivity index (χ1n) is 8.74. The van der Waals surface area contributed by atoms with Crippen molar-refractivity contribution in [3.63, 3.8) is 0 Å². The summed E-state index contributed by atoms with van der Waals surface area (Å²) in [6.45, 7) is 7.61. The minimum atomic E-state index is -1.66. The average Bonchev–Trinajstić information content (AvgIpc) is 2.53. The van der Waals surface area contributed by atoms with E-state index in [4.69, 9.17) is 10.2 Å². The maximum absolute atomic E-state index is 11.4. The van der Waals surface area contributed by atoms with Crippen LogP contribution in [0.3, 0.4) is 0 Å². The van der Waals surface area contributed by atoms with Crippen LogP contribution in [0.1, 0.15) is 66.2 Å². The second kappa shape index (κ2) is 13.6. The van der Waals surface area contributed by atoms with Gasteiger partial charge in [0.05, 0.1) is 6.61 Å². The Kier molecular flexibility index (Phi) is 12.6. The van der Waals surface area contributed by atoms with Crippen LogP contribution in [0.4, 0.5) is 0 Å². The van der Waals surface area contributed by atoms with E-state index < -0.39 is 24.6 Å². The first-order chi connectivity index (χ1) is 11.8. The Morgan fingerprint density at radius 1 is 0.880 bits per heavy atom. The molecule has 0 aromatic rings. The number of hydrogen-bond acceptors (Lipinski definition) is 5. The van der Waals surface area contributed by atoms with Crippen LogP contribution in [0.25, 0.3) is 0 Å². The molecule has 2 N–H and O–H groups in total. The Morgan fingerprint density at radius 3 is 1.84 bits per heavy atom. The van der Waals surface area contributed by atoms with Crippen molar-refractivity contribution >= 4 is 11.9 Å². The number of rotatable bonds is 11. The lowest BCUT2D eigenvalue weighted by Crippen LogP contribution is -2.28. The van der Waals surface area contributed by atoms with Crippen molar-refractivity contribution in [1.82, 2.24) is 0 Å². The fourth-order valence-corrected chi connectivity index (χ4v) is 2.08. The van der Waals surface area contributed by atoms with E-state index >= 15 is 0 Å². The molecule has 0 aliphatic rings. The maximum atomic E-state index is 11.4. The number of esters is 2. The van der Waals surface area contributed by atoms with Gasteiger partial charge in [0.2, 0.25) is 0 Å². The van der Waals surface area contributed by atoms with E-state index in [0.29, 0.717) is 6.42 Å². The lowest BCUT2D eigenvalue weighted by molar-refractivity contribution is -0.167. The summed E-state index contributed by atoms with van der Waals surface area (Å²) in [4.78, 5) is 22.5. The van der Waals surface area contributed by atoms with Gasteiger partial charge in [0.1, 0.15) is 0 Å². The Bertz CT molecular complexity index is 510. The molecule has 1 atom stereocenters. The van der Waals surface area contributed by atoms with Crippen LogP contribution in [0.15, 0.2) is 34.9 Å². The van der Waals surface area contributed by atoms with E-state index in [1.165, 1.54) is 16.7 Å². The number of aliphatic hydroxyl groups is 2. The molecule has 0 amide bonds. The number of carbonyl (C=O) groups excluding carboxylic acids is 2. The summed E-state index contributed by atoms with van der Waals surface area (Å²) < 4.78 is 4.42. The quantitative estimate of drug-likeness (QED) is 0.337. The number of allylic oxidation sites excluding steroid dienone is 6. The molecule has 0 spiro atoms. The van der Waals surface area contributed by atoms with Crippen molar-refractivity contribution < 1.29 is 24.5 Å². The predicted molar refractivity (Wildman–Crippen MR) is 98.8 cm³/mol. The van der Waals surface area contributed by atoms with Gasteiger partial charge < -0.3 is 14.9 Å². The summed E-state index contributed by atoms with van der Waals surface area (Å²) in [5.41, 5.74) is 3.91. The van der Waals surface area contributed by atoms with Gasteiger partial charge in [-0.1, -0.05) is 34.9 Å². The summed E-state index contributed by atoms with van der Waals surface area (Å²) in [5.74, 6) is -1.81. The summed E-state index contributed by atoms with van der Waals surface area (Å²) in [7, 11) is 0. The highest BCUT2D eigenvalue weighted by Crippen LogP contribution is 2.12. The molecule has 0 aromatic carbocycles. The Hall–Kier alpha value is -1.72. The van der Waals surface area contributed by atoms with Gasteiger partial charge in [-0.15, -0.1) is 0 Å². The molecule has 0 aromatic heterocycles. The van der Waals surface area contributed by atoms with Crippen LogP contribution < -0.4 is 0 Å². The molecular weight excluding hydrogens is 320 g/mol. The molecule has 142 valence electrons. The zero-order valence-electron chi connectivity index (χ0n) is 15.9. The molecule has 0 aliphatic carbocycles. The first kappa shape index (κ1) is 23.3. The lowest BCUT2D eigenvalue weighted by atomic mass is 10.1. The van der Waals surface area contributed by atoms with Crippen LogP contribution in [-0.4, -0.2) is 34.9 Å². The molecular formula is C20H32O5. The Balaban J connectivity index is 4.03. The lowest BCUT2D eigenvalue weighted by Gasteiger charge is -2.06. The summed E-state index contributed by atoms with van der Waals surface area (Å²) in [6, 6.07) is 0. The van der Waals surface area contributed by atoms with Gasteiger partial charge in [-0.2, -0.15) is 0 Å². The molecule has 0 bridgehead atoms. The van der Waals surface area contributed by atoms with E-state index in [-0.39, 0.29) is 6.42 Å². The van der Waals surface area contributed by atoms with E-state index in [1.54, 1.807) is 0 Å². The monoisotopic (exact) mass is 352 g/mol. The molecule has 0 saturated heterocycles. The van der Waals surface area contributed by atoms with Crippen molar-refractivity contribution in [2.75, 3.05) is 6.61 Å². The molecule has 0 rings (SSSR count). The molecule has 5 heteroatoms. The fourth-order valence-electron chi connectivity index (χ4n) is 2.08. The van der Waals surface area contributed by atoms with Crippen LogP contribution in [0, 0.1) is 0 Å². The first-order valence-corrected chi connectivity index (χ1v) is 8.74. The second-order valence-corrected chi connectivity index (χ2v) is 6.49. The molecule has 0 radical (unpaired) electrons. The van der Waals surface area contributed by atoms with Gasteiger partial charge in [0.15, 0.2) is 6.10 Å². The van der Waals surface area contributed by atoms with Gasteiger partial charge >= 0.3 is 11.9 Å². The Morgan fingerprint density at radius 2 is 1.36 bits per heavy atom. The zero-order valence-corrected chi connectivity index (χ0v) is 15.9. The second-order valence-electron chi connectivity index (χ2n) is 6.49. The number of ether oxygens (including phenoxy) is 1. The van der Waals surface area contributed by atoms with Crippen molar-refractivity contribution in [3.8, 4) is 0 Å². The van der Waals surface area contributed by atoms with Gasteiger partial charge in [-0.25, -0.2) is 4.79 Å². The zero-order chi connectivity index (χ0) is 19.2. The summed E-state index contributed by atoms with van der Waals surface area (Å²) in [5, 5.41) is 17.6. The normalized spacial score (nSPS) is 13.4. The number of aliphatic hydroxyl groups excluding tert-OH is 2. The van der Waals surface area contributed by atoms with Gasteiger partial charge in [-0.05, 0) is 59.8 Å². The number of hydrogen-bond donors (Lipinski definition) is 2. The van der Waals surface area contributed by atoms with E-state index in [2.05, 4.69) is 37.7 Å². The molecule has 0 saturated carbocycles. The highest BCUT2D eigenvalue weighted by molar-refractivity contribution is 5.87. The van der Waals surface area contributed by atoms with Crippen LogP contribution in [0.5, 0.6) is 0 Å². The van der Waals surface area contributed by atoms with Gasteiger partial charge in [0.25, 0.3) is 0 Å². The van der Waals surface area contributed by atoms with Gasteiger partial charge in [0, 0.05) is 6.42 Å². The Labute approximate surface area is 151 Å². The van der Waals surface area contributed by atoms with Crippen molar-refractivity contribution in [2.24, 2.45) is 0 Å². The molecule has 0 aliphatic heterocycles. The number of carbonyl (C=O) groups is 2. The third kappa shape index (κ3) is 13.3. The summed E-state index contributed by atoms with van der Waals surface area (Å²) >= 11 is 0. The largest absolute Gasteiger partial charge is 0.393 e. The fraction of sp³-hybridized carbons (Fsp3) is 0.600. The van der Waals surface area contributed by atoms with Crippen LogP contribution in [-0.2, 0) is 14.3 Å². The molecule has 1 unspecified atom stereocenters. The standard InChI is InChI=1S/C20H32O5/c1-15(2)8-5-9-16(3)10-6-11-17(4)12-7-13-19(23)25-20(24)18(22)14-21/h8,10,12,18,21-22H,5-7,9,11,13-14H2,1-4H3. The van der Waals surface area contributed by atoms with E-state index in [9.17, 15) is 9.59 Å². The SMILES string of the molecule is CC(C)=CCCC(C)=CCCC(C)=CCCC(=O)OC(=O)C(O)CO. The highest BCUT2D eigenvalue weighted by atomic mass is 16.6. The van der Waals surface area contributed by atoms with Crippen LogP contribution in [0.2, 0.25) is 0 Å². The maximum Gasteiger partial charge on any atom is 0.345 e. The molecule has 0 fully saturated rings. The average molecular weight is 352 g/mol. The summed E-state index contributed by atoms with van der Waals surface area (Å²) in [6.07, 6.45) is 9.39. The smallest absolute Gasteiger partial charge is 0.345 e. The molecule has 0 heterocycles. The highest BCUT2D eigenvalue weighted by Gasteiger charge is 2.18. The predicted octanol–water partition coefficient (Wildman–Crippen LogP) is 3.61. The third-order valence-electron chi connectivity index (χ3n) is 3.62. The van der Waals surface area contributed by atoms with E-state index in [0.717, 1.165) is 25.7 Å². The van der Waals surface area contributed by atoms with E-state index in [1.807, 2.05) is 13.0 Å². The minimum Gasteiger partial charge on any atom is -0.393 e. The van der Waals surface area contributed by atoms with Crippen molar-refractivity contribution in [2.45, 2.75) is 72.3 Å². The van der Waals surface area contributed by atoms with Crippen LogP contribution >= 0.6 is 0 Å². The van der Waals surface area contributed by atoms with Crippen molar-refractivity contribution in [1.29, 1.82) is 0 Å². The topological polar surface area (TPSA) is 83.8 Å². The van der Waals surface area contributed by atoms with Crippen molar-refractivity contribution in [3.05, 3.63) is 34.9 Å². The molecule has 5 nitrogen and oxygen atoms in total. The van der Waals surface area contributed by atoms with Gasteiger partial charge in [-0.3, -0.25) is 4.79 Å². The minimum absolute atomic E-state index is 0.0683.